The molecule has 0 unspecified atom stereocenters. The minimum Gasteiger partial charge on any atom is -0.397 e. The number of amides is 1. The lowest BCUT2D eigenvalue weighted by atomic mass is 10.1. The summed E-state index contributed by atoms with van der Waals surface area (Å²) in [6.07, 6.45) is 0. The van der Waals surface area contributed by atoms with Crippen molar-refractivity contribution < 1.29 is 13.6 Å². The maximum atomic E-state index is 13.6. The topological polar surface area (TPSA) is 46.3 Å². The number of carbonyl (C=O) groups is 1. The molecule has 0 aliphatic heterocycles. The van der Waals surface area contributed by atoms with Crippen molar-refractivity contribution in [1.29, 1.82) is 0 Å². The zero-order valence-electron chi connectivity index (χ0n) is 10.2. The van der Waals surface area contributed by atoms with Crippen LogP contribution >= 0.6 is 0 Å². The van der Waals surface area contributed by atoms with Crippen molar-refractivity contribution in [2.75, 3.05) is 17.7 Å². The van der Waals surface area contributed by atoms with Gasteiger partial charge in [0, 0.05) is 7.05 Å². The highest BCUT2D eigenvalue weighted by atomic mass is 19.1. The molecule has 0 aromatic heterocycles. The monoisotopic (exact) mass is 262 g/mol. The molecule has 2 aromatic carbocycles. The van der Waals surface area contributed by atoms with Gasteiger partial charge in [-0.15, -0.1) is 0 Å². The van der Waals surface area contributed by atoms with Gasteiger partial charge in [0.05, 0.1) is 16.9 Å². The molecule has 98 valence electrons. The van der Waals surface area contributed by atoms with Gasteiger partial charge in [-0.25, -0.2) is 8.78 Å². The number of halogens is 2. The van der Waals surface area contributed by atoms with E-state index >= 15 is 0 Å². The molecule has 2 aromatic rings. The summed E-state index contributed by atoms with van der Waals surface area (Å²) in [4.78, 5) is 13.3. The number of nitrogen functional groups attached to an aromatic ring is 1. The molecule has 0 saturated carbocycles. The largest absolute Gasteiger partial charge is 0.397 e. The first kappa shape index (κ1) is 13.0. The maximum Gasteiger partial charge on any atom is 0.261 e. The van der Waals surface area contributed by atoms with E-state index in [1.165, 1.54) is 11.9 Å². The molecule has 3 nitrogen and oxygen atoms in total. The summed E-state index contributed by atoms with van der Waals surface area (Å²) in [6, 6.07) is 9.43. The lowest BCUT2D eigenvalue weighted by Crippen LogP contribution is -2.28. The number of nitrogens with two attached hydrogens (primary N) is 1. The first-order chi connectivity index (χ1) is 9.00. The van der Waals surface area contributed by atoms with E-state index < -0.39 is 17.5 Å². The number of rotatable bonds is 2. The van der Waals surface area contributed by atoms with E-state index in [1.807, 2.05) is 0 Å². The molecular weight excluding hydrogens is 250 g/mol. The highest BCUT2D eigenvalue weighted by molar-refractivity contribution is 6.07. The van der Waals surface area contributed by atoms with Crippen LogP contribution in [0, 0.1) is 11.6 Å². The van der Waals surface area contributed by atoms with Gasteiger partial charge < -0.3 is 10.6 Å². The molecule has 0 spiro atoms. The van der Waals surface area contributed by atoms with Crippen LogP contribution in [0.2, 0.25) is 0 Å². The average molecular weight is 262 g/mol. The molecule has 0 bridgehead atoms. The number of para-hydroxylation sites is 2. The lowest BCUT2D eigenvalue weighted by molar-refractivity contribution is 0.0988. The molecule has 1 amide bonds. The predicted molar refractivity (Wildman–Crippen MR) is 69.9 cm³/mol. The second-order valence-corrected chi connectivity index (χ2v) is 4.05. The van der Waals surface area contributed by atoms with Gasteiger partial charge >= 0.3 is 0 Å². The maximum absolute atomic E-state index is 13.6. The van der Waals surface area contributed by atoms with Crippen LogP contribution in [0.1, 0.15) is 10.4 Å². The fraction of sp³-hybridized carbons (Fsp3) is 0.0714. The summed E-state index contributed by atoms with van der Waals surface area (Å²) < 4.78 is 26.6. The van der Waals surface area contributed by atoms with Crippen molar-refractivity contribution in [2.24, 2.45) is 0 Å². The van der Waals surface area contributed by atoms with Crippen LogP contribution in [0.15, 0.2) is 42.5 Å². The first-order valence-electron chi connectivity index (χ1n) is 5.58. The van der Waals surface area contributed by atoms with Gasteiger partial charge in [-0.2, -0.15) is 0 Å². The van der Waals surface area contributed by atoms with Gasteiger partial charge in [0.2, 0.25) is 0 Å². The van der Waals surface area contributed by atoms with Crippen LogP contribution in [0.5, 0.6) is 0 Å². The minimum absolute atomic E-state index is 0.328. The Morgan fingerprint density at radius 2 is 1.84 bits per heavy atom. The molecule has 0 radical (unpaired) electrons. The third-order valence-electron chi connectivity index (χ3n) is 2.76. The Bertz CT molecular complexity index is 629. The van der Waals surface area contributed by atoms with Gasteiger partial charge in [-0.3, -0.25) is 4.79 Å². The highest BCUT2D eigenvalue weighted by Gasteiger charge is 2.19. The van der Waals surface area contributed by atoms with E-state index in [2.05, 4.69) is 0 Å². The zero-order chi connectivity index (χ0) is 14.0. The van der Waals surface area contributed by atoms with E-state index in [0.717, 1.165) is 18.2 Å². The van der Waals surface area contributed by atoms with Gasteiger partial charge in [-0.1, -0.05) is 12.1 Å². The smallest absolute Gasteiger partial charge is 0.261 e. The number of carbonyl (C=O) groups excluding carboxylic acids is 1. The van der Waals surface area contributed by atoms with Crippen molar-refractivity contribution in [3.8, 4) is 0 Å². The fourth-order valence-corrected chi connectivity index (χ4v) is 1.74. The van der Waals surface area contributed by atoms with Crippen molar-refractivity contribution >= 4 is 17.3 Å². The zero-order valence-corrected chi connectivity index (χ0v) is 10.2. The second kappa shape index (κ2) is 5.06. The Kier molecular flexibility index (Phi) is 3.46. The van der Waals surface area contributed by atoms with Gasteiger partial charge in [-0.05, 0) is 30.3 Å². The van der Waals surface area contributed by atoms with Crippen molar-refractivity contribution in [3.05, 3.63) is 59.7 Å². The lowest BCUT2D eigenvalue weighted by Gasteiger charge is -2.19. The molecule has 0 aliphatic rings. The van der Waals surface area contributed by atoms with Gasteiger partial charge in [0.25, 0.3) is 5.91 Å². The number of hydrogen-bond acceptors (Lipinski definition) is 2. The molecule has 19 heavy (non-hydrogen) atoms. The summed E-state index contributed by atoms with van der Waals surface area (Å²) in [5.74, 6) is -2.10. The summed E-state index contributed by atoms with van der Waals surface area (Å²) in [5.41, 5.74) is 6.24. The van der Waals surface area contributed by atoms with E-state index in [0.29, 0.717) is 11.4 Å². The van der Waals surface area contributed by atoms with E-state index in [-0.39, 0.29) is 5.56 Å². The van der Waals surface area contributed by atoms with Gasteiger partial charge in [0.1, 0.15) is 11.6 Å². The molecule has 2 rings (SSSR count). The normalized spacial score (nSPS) is 10.3. The van der Waals surface area contributed by atoms with Crippen LogP contribution in [0.25, 0.3) is 0 Å². The number of anilines is 2. The highest BCUT2D eigenvalue weighted by Crippen LogP contribution is 2.23. The molecule has 2 N–H and O–H groups in total. The summed E-state index contributed by atoms with van der Waals surface area (Å²) in [5, 5.41) is 0. The van der Waals surface area contributed by atoms with Crippen molar-refractivity contribution in [3.63, 3.8) is 0 Å². The van der Waals surface area contributed by atoms with E-state index in [4.69, 9.17) is 5.73 Å². The first-order valence-corrected chi connectivity index (χ1v) is 5.58. The molecule has 0 heterocycles. The van der Waals surface area contributed by atoms with Crippen LogP contribution < -0.4 is 10.6 Å². The van der Waals surface area contributed by atoms with E-state index in [9.17, 15) is 13.6 Å². The molecule has 0 atom stereocenters. The Labute approximate surface area is 109 Å². The quantitative estimate of drug-likeness (QED) is 0.846. The average Bonchev–Trinajstić information content (AvgIpc) is 2.40. The minimum atomic E-state index is -0.771. The Morgan fingerprint density at radius 3 is 2.53 bits per heavy atom. The molecule has 0 fully saturated rings. The Hall–Kier alpha value is -2.43. The standard InChI is InChI=1S/C14H12F2N2O/c1-18(13-5-3-2-4-12(13)17)14(19)10-8-9(15)6-7-11(10)16/h2-8H,17H2,1H3. The number of benzene rings is 2. The van der Waals surface area contributed by atoms with Crippen molar-refractivity contribution in [2.45, 2.75) is 0 Å². The SMILES string of the molecule is CN(C(=O)c1cc(F)ccc1F)c1ccccc1N. The van der Waals surface area contributed by atoms with Gasteiger partial charge in [0.15, 0.2) is 0 Å². The third kappa shape index (κ3) is 2.54. The molecular formula is C14H12F2N2O. The summed E-state index contributed by atoms with van der Waals surface area (Å²) >= 11 is 0. The van der Waals surface area contributed by atoms with E-state index in [1.54, 1.807) is 24.3 Å². The molecule has 0 saturated heterocycles. The third-order valence-corrected chi connectivity index (χ3v) is 2.76. The Balaban J connectivity index is 2.39. The molecule has 5 heteroatoms. The molecule has 0 aliphatic carbocycles. The number of hydrogen-bond donors (Lipinski definition) is 1. The Morgan fingerprint density at radius 1 is 1.16 bits per heavy atom. The fourth-order valence-electron chi connectivity index (χ4n) is 1.74. The van der Waals surface area contributed by atoms with Crippen LogP contribution in [-0.2, 0) is 0 Å². The van der Waals surface area contributed by atoms with Crippen LogP contribution in [0.4, 0.5) is 20.2 Å². The summed E-state index contributed by atoms with van der Waals surface area (Å²) in [7, 11) is 1.46. The second-order valence-electron chi connectivity index (χ2n) is 4.05. The van der Waals surface area contributed by atoms with Crippen LogP contribution in [-0.4, -0.2) is 13.0 Å². The number of nitrogens with zero attached hydrogens (tertiary/aromatic N) is 1. The summed E-state index contributed by atoms with van der Waals surface area (Å²) in [6.45, 7) is 0. The van der Waals surface area contributed by atoms with Crippen LogP contribution in [0.3, 0.4) is 0 Å². The van der Waals surface area contributed by atoms with Crippen molar-refractivity contribution in [1.82, 2.24) is 0 Å². The predicted octanol–water partition coefficient (Wildman–Crippen LogP) is 2.82.